The van der Waals surface area contributed by atoms with Crippen molar-refractivity contribution in [2.45, 2.75) is 19.4 Å². The third-order valence-corrected chi connectivity index (χ3v) is 6.07. The van der Waals surface area contributed by atoms with Gasteiger partial charge in [-0.25, -0.2) is 4.98 Å². The maximum Gasteiger partial charge on any atom is 0.243 e. The maximum atomic E-state index is 13.1. The van der Waals surface area contributed by atoms with Crippen LogP contribution in [0.25, 0.3) is 0 Å². The highest BCUT2D eigenvalue weighted by Gasteiger charge is 2.35. The van der Waals surface area contributed by atoms with Gasteiger partial charge < -0.3 is 20.4 Å². The van der Waals surface area contributed by atoms with E-state index in [4.69, 9.17) is 0 Å². The SMILES string of the molecule is Cc1ccc(NC(=O)C[C@H]2C(=O)NCCN2C(=O)CN2CCN(c3ccccn3)CC2)cc1. The van der Waals surface area contributed by atoms with Crippen LogP contribution in [0.15, 0.2) is 48.7 Å². The van der Waals surface area contributed by atoms with Crippen LogP contribution in [0, 0.1) is 6.92 Å². The fraction of sp³-hybridized carbons (Fsp3) is 0.417. The zero-order valence-electron chi connectivity index (χ0n) is 18.9. The molecule has 0 saturated carbocycles. The molecule has 1 atom stereocenters. The van der Waals surface area contributed by atoms with Crippen molar-refractivity contribution in [2.75, 3.05) is 56.0 Å². The Morgan fingerprint density at radius 3 is 2.52 bits per heavy atom. The number of hydrogen-bond donors (Lipinski definition) is 2. The molecule has 2 fully saturated rings. The van der Waals surface area contributed by atoms with Crippen molar-refractivity contribution in [2.24, 2.45) is 0 Å². The summed E-state index contributed by atoms with van der Waals surface area (Å²) >= 11 is 0. The first-order valence-corrected chi connectivity index (χ1v) is 11.3. The van der Waals surface area contributed by atoms with Crippen LogP contribution < -0.4 is 15.5 Å². The van der Waals surface area contributed by atoms with Crippen LogP contribution in [0.1, 0.15) is 12.0 Å². The predicted molar refractivity (Wildman–Crippen MR) is 126 cm³/mol. The molecule has 9 nitrogen and oxygen atoms in total. The molecule has 0 bridgehead atoms. The topological polar surface area (TPSA) is 97.9 Å². The normalized spacial score (nSPS) is 19.2. The van der Waals surface area contributed by atoms with Crippen molar-refractivity contribution in [3.05, 3.63) is 54.2 Å². The Morgan fingerprint density at radius 2 is 1.82 bits per heavy atom. The van der Waals surface area contributed by atoms with E-state index in [1.807, 2.05) is 49.4 Å². The van der Waals surface area contributed by atoms with Crippen molar-refractivity contribution in [1.29, 1.82) is 0 Å². The second-order valence-electron chi connectivity index (χ2n) is 8.46. The number of nitrogens with one attached hydrogen (secondary N) is 2. The van der Waals surface area contributed by atoms with E-state index in [-0.39, 0.29) is 30.7 Å². The summed E-state index contributed by atoms with van der Waals surface area (Å²) in [5, 5.41) is 5.60. The molecule has 174 valence electrons. The number of rotatable bonds is 6. The summed E-state index contributed by atoms with van der Waals surface area (Å²) in [4.78, 5) is 48.5. The molecule has 2 aliphatic rings. The van der Waals surface area contributed by atoms with Gasteiger partial charge in [-0.1, -0.05) is 23.8 Å². The summed E-state index contributed by atoms with van der Waals surface area (Å²) < 4.78 is 0. The molecular formula is C24H30N6O3. The molecule has 1 aromatic carbocycles. The Balaban J connectivity index is 1.32. The summed E-state index contributed by atoms with van der Waals surface area (Å²) in [6.07, 6.45) is 1.71. The van der Waals surface area contributed by atoms with Crippen molar-refractivity contribution >= 4 is 29.2 Å². The predicted octanol–water partition coefficient (Wildman–Crippen LogP) is 0.868. The molecule has 2 saturated heterocycles. The van der Waals surface area contributed by atoms with Crippen LogP contribution in [0.5, 0.6) is 0 Å². The number of aryl methyl sites for hydroxylation is 1. The Morgan fingerprint density at radius 1 is 1.06 bits per heavy atom. The minimum absolute atomic E-state index is 0.0705. The number of pyridine rings is 1. The summed E-state index contributed by atoms with van der Waals surface area (Å²) in [5.74, 6) is 0.247. The number of piperazine rings is 2. The monoisotopic (exact) mass is 450 g/mol. The van der Waals surface area contributed by atoms with Crippen molar-refractivity contribution in [1.82, 2.24) is 20.1 Å². The van der Waals surface area contributed by atoms with Gasteiger partial charge in [0, 0.05) is 51.2 Å². The molecule has 3 amide bonds. The molecule has 0 unspecified atom stereocenters. The first kappa shape index (κ1) is 22.7. The van der Waals surface area contributed by atoms with Crippen LogP contribution in [-0.4, -0.2) is 84.4 Å². The van der Waals surface area contributed by atoms with Crippen molar-refractivity contribution < 1.29 is 14.4 Å². The van der Waals surface area contributed by atoms with Gasteiger partial charge in [0.1, 0.15) is 11.9 Å². The molecule has 33 heavy (non-hydrogen) atoms. The lowest BCUT2D eigenvalue weighted by Crippen LogP contribution is -2.60. The summed E-state index contributed by atoms with van der Waals surface area (Å²) in [7, 11) is 0. The van der Waals surface area contributed by atoms with E-state index in [0.717, 1.165) is 37.6 Å². The van der Waals surface area contributed by atoms with E-state index in [1.165, 1.54) is 0 Å². The zero-order chi connectivity index (χ0) is 23.2. The molecule has 2 aliphatic heterocycles. The highest BCUT2D eigenvalue weighted by molar-refractivity contribution is 5.97. The van der Waals surface area contributed by atoms with Crippen LogP contribution in [0.4, 0.5) is 11.5 Å². The number of hydrogen-bond acceptors (Lipinski definition) is 6. The molecule has 0 spiro atoms. The highest BCUT2D eigenvalue weighted by atomic mass is 16.2. The van der Waals surface area contributed by atoms with Crippen LogP contribution in [0.2, 0.25) is 0 Å². The number of carbonyl (C=O) groups excluding carboxylic acids is 3. The van der Waals surface area contributed by atoms with E-state index in [0.29, 0.717) is 18.8 Å². The molecule has 2 N–H and O–H groups in total. The lowest BCUT2D eigenvalue weighted by atomic mass is 10.1. The minimum atomic E-state index is -0.800. The highest BCUT2D eigenvalue weighted by Crippen LogP contribution is 2.16. The third-order valence-electron chi connectivity index (χ3n) is 6.07. The molecular weight excluding hydrogens is 420 g/mol. The zero-order valence-corrected chi connectivity index (χ0v) is 18.9. The molecule has 4 rings (SSSR count). The van der Waals surface area contributed by atoms with Gasteiger partial charge in [0.25, 0.3) is 0 Å². The fourth-order valence-corrected chi connectivity index (χ4v) is 4.20. The molecule has 0 aliphatic carbocycles. The first-order valence-electron chi connectivity index (χ1n) is 11.3. The van der Waals surface area contributed by atoms with E-state index >= 15 is 0 Å². The molecule has 2 aromatic rings. The van der Waals surface area contributed by atoms with Gasteiger partial charge in [0.15, 0.2) is 0 Å². The number of amides is 3. The van der Waals surface area contributed by atoms with E-state index in [2.05, 4.69) is 25.4 Å². The first-order chi connectivity index (χ1) is 16.0. The fourth-order valence-electron chi connectivity index (χ4n) is 4.20. The van der Waals surface area contributed by atoms with Crippen LogP contribution >= 0.6 is 0 Å². The van der Waals surface area contributed by atoms with Gasteiger partial charge >= 0.3 is 0 Å². The maximum absolute atomic E-state index is 13.1. The lowest BCUT2D eigenvalue weighted by Gasteiger charge is -2.38. The Hall–Kier alpha value is -3.46. The lowest BCUT2D eigenvalue weighted by molar-refractivity contribution is -0.145. The molecule has 3 heterocycles. The molecule has 0 radical (unpaired) electrons. The number of benzene rings is 1. The van der Waals surface area contributed by atoms with Crippen LogP contribution in [-0.2, 0) is 14.4 Å². The summed E-state index contributed by atoms with van der Waals surface area (Å²) in [6, 6.07) is 12.5. The summed E-state index contributed by atoms with van der Waals surface area (Å²) in [5.41, 5.74) is 1.77. The average Bonchev–Trinajstić information content (AvgIpc) is 2.83. The van der Waals surface area contributed by atoms with Gasteiger partial charge in [0.05, 0.1) is 13.0 Å². The van der Waals surface area contributed by atoms with Crippen molar-refractivity contribution in [3.63, 3.8) is 0 Å². The number of carbonyl (C=O) groups is 3. The van der Waals surface area contributed by atoms with Gasteiger partial charge in [-0.3, -0.25) is 19.3 Å². The standard InChI is InChI=1S/C24H30N6O3/c1-18-5-7-19(8-6-18)27-22(31)16-20-24(33)26-10-11-30(20)23(32)17-28-12-14-29(15-13-28)21-4-2-3-9-25-21/h2-9,20H,10-17H2,1H3,(H,26,33)(H,27,31)/t20-/m0/s1. The van der Waals surface area contributed by atoms with E-state index in [1.54, 1.807) is 11.1 Å². The second kappa shape index (κ2) is 10.4. The summed E-state index contributed by atoms with van der Waals surface area (Å²) in [6.45, 7) is 6.05. The average molecular weight is 451 g/mol. The largest absolute Gasteiger partial charge is 0.354 e. The van der Waals surface area contributed by atoms with Gasteiger partial charge in [-0.2, -0.15) is 0 Å². The minimum Gasteiger partial charge on any atom is -0.354 e. The number of anilines is 2. The Kier molecular flexibility index (Phi) is 7.19. The van der Waals surface area contributed by atoms with Gasteiger partial charge in [-0.05, 0) is 31.2 Å². The smallest absolute Gasteiger partial charge is 0.243 e. The van der Waals surface area contributed by atoms with E-state index in [9.17, 15) is 14.4 Å². The Labute approximate surface area is 193 Å². The van der Waals surface area contributed by atoms with Crippen molar-refractivity contribution in [3.8, 4) is 0 Å². The number of aromatic nitrogens is 1. The van der Waals surface area contributed by atoms with Gasteiger partial charge in [0.2, 0.25) is 17.7 Å². The molecule has 1 aromatic heterocycles. The molecule has 9 heteroatoms. The van der Waals surface area contributed by atoms with Crippen LogP contribution in [0.3, 0.4) is 0 Å². The van der Waals surface area contributed by atoms with E-state index < -0.39 is 6.04 Å². The Bertz CT molecular complexity index is 973. The third kappa shape index (κ3) is 5.87. The van der Waals surface area contributed by atoms with Gasteiger partial charge in [-0.15, -0.1) is 0 Å². The quantitative estimate of drug-likeness (QED) is 0.678. The second-order valence-corrected chi connectivity index (χ2v) is 8.46. The number of nitrogens with zero attached hydrogens (tertiary/aromatic N) is 4.